The molecule has 0 radical (unpaired) electrons. The van der Waals surface area contributed by atoms with Crippen molar-refractivity contribution in [2.24, 2.45) is 0 Å². The van der Waals surface area contributed by atoms with Crippen LogP contribution in [-0.2, 0) is 6.42 Å². The molecule has 0 aliphatic heterocycles. The van der Waals surface area contributed by atoms with Gasteiger partial charge in [-0.15, -0.1) is 10.2 Å². The van der Waals surface area contributed by atoms with Gasteiger partial charge in [-0.1, -0.05) is 36.4 Å². The maximum absolute atomic E-state index is 12.0. The highest BCUT2D eigenvalue weighted by atomic mass is 16.1. The van der Waals surface area contributed by atoms with Crippen molar-refractivity contribution in [3.63, 3.8) is 0 Å². The zero-order chi connectivity index (χ0) is 13.8. The molecule has 0 aliphatic rings. The molecule has 3 rings (SSSR count). The second-order valence-corrected chi connectivity index (χ2v) is 4.33. The Morgan fingerprint density at radius 2 is 1.75 bits per heavy atom. The molecule has 0 spiro atoms. The third-order valence-corrected chi connectivity index (χ3v) is 2.89. The van der Waals surface area contributed by atoms with Gasteiger partial charge in [0.25, 0.3) is 5.56 Å². The zero-order valence-corrected chi connectivity index (χ0v) is 10.7. The largest absolute Gasteiger partial charge is 0.302 e. The van der Waals surface area contributed by atoms with Gasteiger partial charge in [0, 0.05) is 12.6 Å². The van der Waals surface area contributed by atoms with E-state index in [0.717, 1.165) is 5.56 Å². The lowest BCUT2D eigenvalue weighted by Gasteiger charge is -2.01. The van der Waals surface area contributed by atoms with Gasteiger partial charge in [-0.3, -0.25) is 9.78 Å². The van der Waals surface area contributed by atoms with Gasteiger partial charge in [0.15, 0.2) is 5.82 Å². The molecule has 1 N–H and O–H groups in total. The van der Waals surface area contributed by atoms with E-state index in [9.17, 15) is 4.79 Å². The number of aromatic nitrogens is 4. The lowest BCUT2D eigenvalue weighted by molar-refractivity contribution is 0.869. The van der Waals surface area contributed by atoms with Gasteiger partial charge < -0.3 is 4.98 Å². The Balaban J connectivity index is 1.91. The number of benzene rings is 1. The van der Waals surface area contributed by atoms with Crippen molar-refractivity contribution in [3.05, 3.63) is 76.3 Å². The van der Waals surface area contributed by atoms with E-state index in [0.29, 0.717) is 23.6 Å². The van der Waals surface area contributed by atoms with Gasteiger partial charge in [0.05, 0.1) is 0 Å². The zero-order valence-electron chi connectivity index (χ0n) is 10.7. The minimum absolute atomic E-state index is 0.232. The summed E-state index contributed by atoms with van der Waals surface area (Å²) in [6.45, 7) is 0. The smallest absolute Gasteiger partial charge is 0.273 e. The molecule has 98 valence electrons. The van der Waals surface area contributed by atoms with Crippen LogP contribution in [0.4, 0.5) is 0 Å². The number of pyridine rings is 1. The highest BCUT2D eigenvalue weighted by molar-refractivity contribution is 5.47. The Bertz CT molecular complexity index is 754. The molecule has 5 heteroatoms. The van der Waals surface area contributed by atoms with Crippen molar-refractivity contribution in [1.82, 2.24) is 20.2 Å². The number of hydrogen-bond donors (Lipinski definition) is 1. The van der Waals surface area contributed by atoms with Gasteiger partial charge in [-0.05, 0) is 17.7 Å². The first-order valence-electron chi connectivity index (χ1n) is 6.24. The molecule has 1 aromatic carbocycles. The Hall–Kier alpha value is -2.82. The maximum atomic E-state index is 12.0. The standard InChI is InChI=1S/C15H12N4O/c20-15-13(10-11-6-2-1-3-7-11)18-19-14(17-15)12-8-4-5-9-16-12/h1-9H,10H2,(H,17,19,20). The minimum Gasteiger partial charge on any atom is -0.302 e. The summed E-state index contributed by atoms with van der Waals surface area (Å²) in [5.74, 6) is 0.382. The monoisotopic (exact) mass is 264 g/mol. The molecule has 5 nitrogen and oxygen atoms in total. The highest BCUT2D eigenvalue weighted by Crippen LogP contribution is 2.08. The van der Waals surface area contributed by atoms with Crippen LogP contribution in [0.25, 0.3) is 11.5 Å². The van der Waals surface area contributed by atoms with Gasteiger partial charge in [0.2, 0.25) is 0 Å². The molecule has 0 bridgehead atoms. The lowest BCUT2D eigenvalue weighted by atomic mass is 10.1. The fourth-order valence-corrected chi connectivity index (χ4v) is 1.88. The van der Waals surface area contributed by atoms with Crippen LogP contribution in [0.15, 0.2) is 59.5 Å². The predicted octanol–water partition coefficient (Wildman–Crippen LogP) is 1.82. The Morgan fingerprint density at radius 3 is 2.45 bits per heavy atom. The highest BCUT2D eigenvalue weighted by Gasteiger charge is 2.07. The predicted molar refractivity (Wildman–Crippen MR) is 75.1 cm³/mol. The number of nitrogens with zero attached hydrogens (tertiary/aromatic N) is 3. The maximum Gasteiger partial charge on any atom is 0.273 e. The molecule has 3 aromatic rings. The minimum atomic E-state index is -0.232. The van der Waals surface area contributed by atoms with Crippen molar-refractivity contribution in [1.29, 1.82) is 0 Å². The molecule has 0 unspecified atom stereocenters. The normalized spacial score (nSPS) is 10.4. The van der Waals surface area contributed by atoms with Gasteiger partial charge in [0.1, 0.15) is 11.4 Å². The van der Waals surface area contributed by atoms with Crippen LogP contribution < -0.4 is 5.56 Å². The van der Waals surface area contributed by atoms with Crippen LogP contribution in [0.5, 0.6) is 0 Å². The summed E-state index contributed by atoms with van der Waals surface area (Å²) in [6.07, 6.45) is 2.11. The van der Waals surface area contributed by atoms with Crippen LogP contribution >= 0.6 is 0 Å². The van der Waals surface area contributed by atoms with E-state index < -0.39 is 0 Å². The first kappa shape index (κ1) is 12.2. The van der Waals surface area contributed by atoms with Crippen molar-refractivity contribution in [2.75, 3.05) is 0 Å². The van der Waals surface area contributed by atoms with Crippen LogP contribution in [0, 0.1) is 0 Å². The molecule has 0 saturated heterocycles. The summed E-state index contributed by atoms with van der Waals surface area (Å²) < 4.78 is 0. The number of H-pyrrole nitrogens is 1. The molecule has 2 heterocycles. The van der Waals surface area contributed by atoms with Crippen LogP contribution in [0.2, 0.25) is 0 Å². The lowest BCUT2D eigenvalue weighted by Crippen LogP contribution is -2.18. The van der Waals surface area contributed by atoms with Crippen molar-refractivity contribution in [3.8, 4) is 11.5 Å². The second-order valence-electron chi connectivity index (χ2n) is 4.33. The number of hydrogen-bond acceptors (Lipinski definition) is 4. The summed E-state index contributed by atoms with van der Waals surface area (Å²) in [4.78, 5) is 18.9. The summed E-state index contributed by atoms with van der Waals surface area (Å²) in [6, 6.07) is 15.1. The second kappa shape index (κ2) is 5.44. The van der Waals surface area contributed by atoms with Gasteiger partial charge >= 0.3 is 0 Å². The van der Waals surface area contributed by atoms with Crippen LogP contribution in [0.1, 0.15) is 11.3 Å². The van der Waals surface area contributed by atoms with E-state index in [-0.39, 0.29) is 5.56 Å². The molecule has 20 heavy (non-hydrogen) atoms. The summed E-state index contributed by atoms with van der Waals surface area (Å²) in [7, 11) is 0. The molecular formula is C15H12N4O. The average molecular weight is 264 g/mol. The molecule has 0 amide bonds. The van der Waals surface area contributed by atoms with Crippen molar-refractivity contribution < 1.29 is 0 Å². The van der Waals surface area contributed by atoms with E-state index in [1.54, 1.807) is 18.3 Å². The molecule has 0 saturated carbocycles. The van der Waals surface area contributed by atoms with Crippen molar-refractivity contribution >= 4 is 0 Å². The Kier molecular flexibility index (Phi) is 3.33. The van der Waals surface area contributed by atoms with E-state index in [4.69, 9.17) is 0 Å². The van der Waals surface area contributed by atoms with Gasteiger partial charge in [-0.25, -0.2) is 0 Å². The van der Waals surface area contributed by atoms with Crippen LogP contribution in [0.3, 0.4) is 0 Å². The topological polar surface area (TPSA) is 71.5 Å². The molecular weight excluding hydrogens is 252 g/mol. The van der Waals surface area contributed by atoms with Crippen LogP contribution in [-0.4, -0.2) is 20.2 Å². The molecule has 2 aromatic heterocycles. The number of nitrogens with one attached hydrogen (secondary N) is 1. The Labute approximate surface area is 115 Å². The fraction of sp³-hybridized carbons (Fsp3) is 0.0667. The van der Waals surface area contributed by atoms with E-state index in [1.165, 1.54) is 0 Å². The fourth-order valence-electron chi connectivity index (χ4n) is 1.88. The van der Waals surface area contributed by atoms with E-state index >= 15 is 0 Å². The Morgan fingerprint density at radius 1 is 0.950 bits per heavy atom. The SMILES string of the molecule is O=c1[nH]c(-c2ccccn2)nnc1Cc1ccccc1. The summed E-state index contributed by atoms with van der Waals surface area (Å²) in [5, 5.41) is 8.05. The number of rotatable bonds is 3. The third-order valence-electron chi connectivity index (χ3n) is 2.89. The van der Waals surface area contributed by atoms with Gasteiger partial charge in [-0.2, -0.15) is 0 Å². The average Bonchev–Trinajstić information content (AvgIpc) is 2.51. The first-order chi connectivity index (χ1) is 9.83. The van der Waals surface area contributed by atoms with E-state index in [1.807, 2.05) is 36.4 Å². The van der Waals surface area contributed by atoms with Crippen molar-refractivity contribution in [2.45, 2.75) is 6.42 Å². The molecule has 0 aliphatic carbocycles. The molecule has 0 fully saturated rings. The first-order valence-corrected chi connectivity index (χ1v) is 6.24. The quantitative estimate of drug-likeness (QED) is 0.783. The molecule has 0 atom stereocenters. The summed E-state index contributed by atoms with van der Waals surface area (Å²) in [5.41, 5.74) is 1.79. The summed E-state index contributed by atoms with van der Waals surface area (Å²) >= 11 is 0. The van der Waals surface area contributed by atoms with E-state index in [2.05, 4.69) is 20.2 Å². The number of aromatic amines is 1. The third kappa shape index (κ3) is 2.61.